The monoisotopic (exact) mass is 467 g/mol. The van der Waals surface area contributed by atoms with E-state index >= 15 is 0 Å². The molecule has 0 saturated carbocycles. The summed E-state index contributed by atoms with van der Waals surface area (Å²) in [6.07, 6.45) is 1.25. The van der Waals surface area contributed by atoms with Crippen molar-refractivity contribution in [1.82, 2.24) is 15.3 Å². The third-order valence-electron chi connectivity index (χ3n) is 5.74. The van der Waals surface area contributed by atoms with Crippen molar-refractivity contribution in [1.29, 1.82) is 0 Å². The number of allylic oxidation sites excluding steroid dienone is 3. The lowest BCUT2D eigenvalue weighted by molar-refractivity contribution is 0.0903. The number of benzene rings is 1. The van der Waals surface area contributed by atoms with Gasteiger partial charge in [-0.2, -0.15) is 0 Å². The van der Waals surface area contributed by atoms with Crippen molar-refractivity contribution >= 4 is 11.4 Å². The van der Waals surface area contributed by atoms with Crippen LogP contribution in [0.25, 0.3) is 17.0 Å². The van der Waals surface area contributed by atoms with Crippen molar-refractivity contribution in [3.63, 3.8) is 0 Å². The Morgan fingerprint density at radius 3 is 2.68 bits per heavy atom. The Balaban J connectivity index is 2.02. The van der Waals surface area contributed by atoms with Crippen LogP contribution in [0.2, 0.25) is 0 Å². The average molecular weight is 468 g/mol. The quantitative estimate of drug-likeness (QED) is 0.394. The molecule has 1 aromatic carbocycles. The summed E-state index contributed by atoms with van der Waals surface area (Å²) >= 11 is 0. The Hall–Kier alpha value is -2.94. The second kappa shape index (κ2) is 12.0. The number of nitrogens with zero attached hydrogens (tertiary/aromatic N) is 2. The molecule has 3 rings (SSSR count). The zero-order valence-corrected chi connectivity index (χ0v) is 20.6. The average Bonchev–Trinajstić information content (AvgIpc) is 2.81. The number of aromatic nitrogens is 2. The second-order valence-corrected chi connectivity index (χ2v) is 8.79. The van der Waals surface area contributed by atoms with Crippen molar-refractivity contribution in [2.45, 2.75) is 45.8 Å². The molecule has 5 N–H and O–H groups in total. The van der Waals surface area contributed by atoms with Gasteiger partial charge >= 0.3 is 0 Å². The molecule has 1 fully saturated rings. The van der Waals surface area contributed by atoms with Crippen molar-refractivity contribution in [3.05, 3.63) is 53.4 Å². The van der Waals surface area contributed by atoms with Crippen LogP contribution in [0.5, 0.6) is 5.75 Å². The first kappa shape index (κ1) is 25.7. The highest BCUT2D eigenvalue weighted by Crippen LogP contribution is 2.32. The van der Waals surface area contributed by atoms with Gasteiger partial charge in [0.25, 0.3) is 0 Å². The van der Waals surface area contributed by atoms with Gasteiger partial charge in [0.15, 0.2) is 5.82 Å². The lowest BCUT2D eigenvalue weighted by Crippen LogP contribution is -2.29. The third kappa shape index (κ3) is 6.56. The lowest BCUT2D eigenvalue weighted by atomic mass is 9.99. The van der Waals surface area contributed by atoms with Crippen LogP contribution >= 0.6 is 0 Å². The number of nitrogens with two attached hydrogens (primary N) is 1. The Bertz CT molecular complexity index is 1030. The SMILES string of the molecule is C=C(C)/C(=C(\C)N)c1nc(-c2cccc(OCC(O)CNC)c2)nc(NC2CCOCC2)c1C. The number of aliphatic hydroxyl groups excluding tert-OH is 1. The molecule has 1 unspecified atom stereocenters. The summed E-state index contributed by atoms with van der Waals surface area (Å²) in [7, 11) is 1.79. The summed E-state index contributed by atoms with van der Waals surface area (Å²) < 4.78 is 11.3. The van der Waals surface area contributed by atoms with Gasteiger partial charge in [-0.05, 0) is 58.4 Å². The van der Waals surface area contributed by atoms with Crippen molar-refractivity contribution in [2.75, 3.05) is 38.7 Å². The van der Waals surface area contributed by atoms with Crippen LogP contribution in [0.1, 0.15) is 37.9 Å². The van der Waals surface area contributed by atoms with Crippen LogP contribution in [-0.4, -0.2) is 60.6 Å². The van der Waals surface area contributed by atoms with Gasteiger partial charge in [0.05, 0.1) is 5.69 Å². The van der Waals surface area contributed by atoms with E-state index in [1.54, 1.807) is 7.05 Å². The molecule has 1 aromatic heterocycles. The van der Waals surface area contributed by atoms with E-state index in [2.05, 4.69) is 17.2 Å². The van der Waals surface area contributed by atoms with Crippen LogP contribution < -0.4 is 21.1 Å². The van der Waals surface area contributed by atoms with Crippen molar-refractivity contribution in [3.8, 4) is 17.1 Å². The van der Waals surface area contributed by atoms with E-state index in [1.165, 1.54) is 0 Å². The van der Waals surface area contributed by atoms with E-state index in [1.807, 2.05) is 45.0 Å². The first-order valence-electron chi connectivity index (χ1n) is 11.7. The van der Waals surface area contributed by atoms with Gasteiger partial charge in [0, 0.05) is 48.2 Å². The van der Waals surface area contributed by atoms with Gasteiger partial charge in [-0.25, -0.2) is 9.97 Å². The molecule has 8 nitrogen and oxygen atoms in total. The van der Waals surface area contributed by atoms with Crippen LogP contribution in [0.4, 0.5) is 5.82 Å². The summed E-state index contributed by atoms with van der Waals surface area (Å²) in [5.41, 5.74) is 11.1. The number of ether oxygens (including phenoxy) is 2. The molecular weight excluding hydrogens is 430 g/mol. The maximum Gasteiger partial charge on any atom is 0.162 e. The van der Waals surface area contributed by atoms with Crippen LogP contribution in [0.15, 0.2) is 42.1 Å². The fraction of sp³-hybridized carbons (Fsp3) is 0.462. The van der Waals surface area contributed by atoms with Gasteiger partial charge in [0.2, 0.25) is 0 Å². The number of hydrogen-bond acceptors (Lipinski definition) is 8. The van der Waals surface area contributed by atoms with Crippen LogP contribution in [-0.2, 0) is 4.74 Å². The first-order valence-corrected chi connectivity index (χ1v) is 11.7. The number of anilines is 1. The minimum absolute atomic E-state index is 0.190. The van der Waals surface area contributed by atoms with Gasteiger partial charge in [-0.3, -0.25) is 0 Å². The molecule has 0 amide bonds. The number of rotatable bonds is 10. The molecule has 2 aromatic rings. The summed E-state index contributed by atoms with van der Waals surface area (Å²) in [6, 6.07) is 7.87. The summed E-state index contributed by atoms with van der Waals surface area (Å²) in [6.45, 7) is 12.1. The van der Waals surface area contributed by atoms with E-state index in [0.29, 0.717) is 23.8 Å². The molecule has 2 heterocycles. The number of hydrogen-bond donors (Lipinski definition) is 4. The van der Waals surface area contributed by atoms with Crippen LogP contribution in [0, 0.1) is 6.92 Å². The molecule has 1 aliphatic heterocycles. The molecular formula is C26H37N5O3. The largest absolute Gasteiger partial charge is 0.491 e. The summed E-state index contributed by atoms with van der Waals surface area (Å²) in [4.78, 5) is 9.81. The molecule has 34 heavy (non-hydrogen) atoms. The van der Waals surface area contributed by atoms with E-state index < -0.39 is 6.10 Å². The van der Waals surface area contributed by atoms with Gasteiger partial charge in [-0.15, -0.1) is 0 Å². The maximum absolute atomic E-state index is 9.97. The van der Waals surface area contributed by atoms with Gasteiger partial charge < -0.3 is 30.9 Å². The molecule has 8 heteroatoms. The predicted molar refractivity (Wildman–Crippen MR) is 137 cm³/mol. The fourth-order valence-corrected chi connectivity index (χ4v) is 4.00. The summed E-state index contributed by atoms with van der Waals surface area (Å²) in [5.74, 6) is 1.99. The first-order chi connectivity index (χ1) is 16.3. The zero-order valence-electron chi connectivity index (χ0n) is 20.6. The molecule has 1 aliphatic rings. The van der Waals surface area contributed by atoms with E-state index in [-0.39, 0.29) is 12.6 Å². The van der Waals surface area contributed by atoms with E-state index in [4.69, 9.17) is 25.2 Å². The Morgan fingerprint density at radius 1 is 1.29 bits per heavy atom. The Labute approximate surface area is 202 Å². The molecule has 0 aliphatic carbocycles. The highest BCUT2D eigenvalue weighted by Gasteiger charge is 2.21. The smallest absolute Gasteiger partial charge is 0.162 e. The number of aliphatic hydroxyl groups is 1. The molecule has 184 valence electrons. The number of likely N-dealkylation sites (N-methyl/N-ethyl adjacent to an activating group) is 1. The lowest BCUT2D eigenvalue weighted by Gasteiger charge is -2.25. The molecule has 1 saturated heterocycles. The standard InChI is InChI=1S/C26H37N5O3/c1-16(2)23(18(4)27)24-17(3)25(29-20-9-11-33-12-10-20)31-26(30-24)19-7-6-8-22(13-19)34-15-21(32)14-28-5/h6-8,13,20-21,28,32H,1,9-12,14-15,27H2,2-5H3,(H,29,30,31)/b23-18-. The topological polar surface area (TPSA) is 115 Å². The predicted octanol–water partition coefficient (Wildman–Crippen LogP) is 3.27. The fourth-order valence-electron chi connectivity index (χ4n) is 4.00. The Kier molecular flexibility index (Phi) is 9.04. The minimum Gasteiger partial charge on any atom is -0.491 e. The highest BCUT2D eigenvalue weighted by molar-refractivity contribution is 5.82. The van der Waals surface area contributed by atoms with Crippen LogP contribution in [0.3, 0.4) is 0 Å². The van der Waals surface area contributed by atoms with Gasteiger partial charge in [0.1, 0.15) is 24.3 Å². The summed E-state index contributed by atoms with van der Waals surface area (Å²) in [5, 5.41) is 16.5. The Morgan fingerprint density at radius 2 is 2.03 bits per heavy atom. The zero-order chi connectivity index (χ0) is 24.7. The van der Waals surface area contributed by atoms with E-state index in [9.17, 15) is 5.11 Å². The minimum atomic E-state index is -0.595. The van der Waals surface area contributed by atoms with Crippen molar-refractivity contribution < 1.29 is 14.6 Å². The second-order valence-electron chi connectivity index (χ2n) is 8.79. The molecule has 0 radical (unpaired) electrons. The molecule has 0 spiro atoms. The normalized spacial score (nSPS) is 16.0. The van der Waals surface area contributed by atoms with Gasteiger partial charge in [-0.1, -0.05) is 18.7 Å². The third-order valence-corrected chi connectivity index (χ3v) is 5.74. The molecule has 1 atom stereocenters. The van der Waals surface area contributed by atoms with E-state index in [0.717, 1.165) is 59.8 Å². The van der Waals surface area contributed by atoms with Crippen molar-refractivity contribution in [2.24, 2.45) is 5.73 Å². The maximum atomic E-state index is 9.97. The molecule has 0 bridgehead atoms. The number of nitrogens with one attached hydrogen (secondary N) is 2. The highest BCUT2D eigenvalue weighted by atomic mass is 16.5.